The summed E-state index contributed by atoms with van der Waals surface area (Å²) >= 11 is 1.45. The molecule has 5 nitrogen and oxygen atoms in total. The Morgan fingerprint density at radius 2 is 1.86 bits per heavy atom. The fraction of sp³-hybridized carbons (Fsp3) is 0.591. The second-order valence-corrected chi connectivity index (χ2v) is 9.39. The predicted molar refractivity (Wildman–Crippen MR) is 112 cm³/mol. The molecule has 0 bridgehead atoms. The molecule has 2 unspecified atom stereocenters. The van der Waals surface area contributed by atoms with Gasteiger partial charge in [-0.2, -0.15) is 0 Å². The van der Waals surface area contributed by atoms with Crippen LogP contribution in [0.1, 0.15) is 57.4 Å². The van der Waals surface area contributed by atoms with E-state index in [1.165, 1.54) is 37.4 Å². The van der Waals surface area contributed by atoms with Gasteiger partial charge in [0, 0.05) is 18.6 Å². The number of benzene rings is 1. The van der Waals surface area contributed by atoms with E-state index in [1.807, 2.05) is 28.8 Å². The van der Waals surface area contributed by atoms with Gasteiger partial charge in [-0.05, 0) is 56.6 Å². The molecule has 2 heterocycles. The summed E-state index contributed by atoms with van der Waals surface area (Å²) in [4.78, 5) is 32.9. The Morgan fingerprint density at radius 1 is 1.07 bits per heavy atom. The molecule has 28 heavy (non-hydrogen) atoms. The van der Waals surface area contributed by atoms with E-state index in [0.717, 1.165) is 37.7 Å². The van der Waals surface area contributed by atoms with Crippen LogP contribution in [0.2, 0.25) is 0 Å². The van der Waals surface area contributed by atoms with Crippen molar-refractivity contribution in [2.24, 2.45) is 5.92 Å². The van der Waals surface area contributed by atoms with Gasteiger partial charge in [-0.15, -0.1) is 0 Å². The van der Waals surface area contributed by atoms with Gasteiger partial charge < -0.3 is 4.90 Å². The zero-order chi connectivity index (χ0) is 19.1. The minimum atomic E-state index is 0.0355. The van der Waals surface area contributed by atoms with Gasteiger partial charge in [-0.25, -0.2) is 4.98 Å². The van der Waals surface area contributed by atoms with Gasteiger partial charge in [0.15, 0.2) is 5.16 Å². The number of amides is 1. The molecule has 2 saturated carbocycles. The summed E-state index contributed by atoms with van der Waals surface area (Å²) < 4.78 is 1.83. The van der Waals surface area contributed by atoms with Crippen LogP contribution in [-0.2, 0) is 4.79 Å². The summed E-state index contributed by atoms with van der Waals surface area (Å²) in [5.41, 5.74) is 0.762. The summed E-state index contributed by atoms with van der Waals surface area (Å²) in [6, 6.07) is 8.21. The number of hydrogen-bond acceptors (Lipinski definition) is 4. The van der Waals surface area contributed by atoms with Crippen molar-refractivity contribution in [2.75, 3.05) is 12.3 Å². The fourth-order valence-corrected chi connectivity index (χ4v) is 5.98. The van der Waals surface area contributed by atoms with Gasteiger partial charge in [0.05, 0.1) is 16.7 Å². The topological polar surface area (TPSA) is 55.2 Å². The molecule has 3 fully saturated rings. The van der Waals surface area contributed by atoms with Crippen LogP contribution in [0.15, 0.2) is 34.2 Å². The van der Waals surface area contributed by atoms with Crippen LogP contribution >= 0.6 is 11.8 Å². The zero-order valence-corrected chi connectivity index (χ0v) is 17.0. The molecule has 148 valence electrons. The quantitative estimate of drug-likeness (QED) is 0.578. The summed E-state index contributed by atoms with van der Waals surface area (Å²) in [6.45, 7) is 0.890. The number of hydrogen-bond donors (Lipinski definition) is 0. The van der Waals surface area contributed by atoms with Crippen molar-refractivity contribution in [2.45, 2.75) is 68.6 Å². The third-order valence-corrected chi connectivity index (χ3v) is 7.51. The lowest BCUT2D eigenvalue weighted by molar-refractivity contribution is -0.134. The molecular weight excluding hydrogens is 370 g/mol. The fourth-order valence-electron chi connectivity index (χ4n) is 5.03. The molecule has 2 aliphatic carbocycles. The maximum Gasteiger partial charge on any atom is 0.262 e. The van der Waals surface area contributed by atoms with Crippen molar-refractivity contribution in [3.05, 3.63) is 34.6 Å². The third-order valence-electron chi connectivity index (χ3n) is 6.58. The number of aromatic nitrogens is 2. The maximum absolute atomic E-state index is 13.1. The minimum Gasteiger partial charge on any atom is -0.339 e. The second kappa shape index (κ2) is 7.54. The Balaban J connectivity index is 1.37. The first-order chi connectivity index (χ1) is 13.7. The number of thioether (sulfide) groups is 1. The van der Waals surface area contributed by atoms with Gasteiger partial charge in [-0.1, -0.05) is 36.7 Å². The van der Waals surface area contributed by atoms with Crippen LogP contribution in [0, 0.1) is 5.92 Å². The van der Waals surface area contributed by atoms with E-state index in [4.69, 9.17) is 4.98 Å². The van der Waals surface area contributed by atoms with Gasteiger partial charge in [0.25, 0.3) is 5.56 Å². The Morgan fingerprint density at radius 3 is 2.71 bits per heavy atom. The van der Waals surface area contributed by atoms with Crippen molar-refractivity contribution in [1.82, 2.24) is 14.5 Å². The molecular formula is C22H27N3O2S. The van der Waals surface area contributed by atoms with E-state index in [2.05, 4.69) is 4.90 Å². The predicted octanol–water partition coefficient (Wildman–Crippen LogP) is 4.00. The van der Waals surface area contributed by atoms with Crippen LogP contribution in [0.4, 0.5) is 0 Å². The molecule has 2 aromatic rings. The summed E-state index contributed by atoms with van der Waals surface area (Å²) in [6.07, 6.45) is 9.43. The van der Waals surface area contributed by atoms with Crippen molar-refractivity contribution in [3.8, 4) is 0 Å². The number of likely N-dealkylation sites (tertiary alicyclic amines) is 1. The van der Waals surface area contributed by atoms with Crippen LogP contribution in [-0.4, -0.2) is 38.7 Å². The van der Waals surface area contributed by atoms with Crippen molar-refractivity contribution < 1.29 is 4.79 Å². The summed E-state index contributed by atoms with van der Waals surface area (Å²) in [5.74, 6) is 1.28. The molecule has 1 aliphatic heterocycles. The Kier molecular flexibility index (Phi) is 4.91. The SMILES string of the molecule is O=C(CSc1nc2ccccc2c(=O)n1C1CC1)N1CCCC2CCCCC21. The van der Waals surface area contributed by atoms with E-state index in [0.29, 0.717) is 28.3 Å². The first-order valence-corrected chi connectivity index (χ1v) is 11.6. The highest BCUT2D eigenvalue weighted by molar-refractivity contribution is 7.99. The van der Waals surface area contributed by atoms with Crippen molar-refractivity contribution >= 4 is 28.6 Å². The maximum atomic E-state index is 13.1. The minimum absolute atomic E-state index is 0.0355. The van der Waals surface area contributed by atoms with E-state index in [9.17, 15) is 9.59 Å². The number of para-hydroxylation sites is 1. The molecule has 6 heteroatoms. The number of piperidine rings is 1. The van der Waals surface area contributed by atoms with Gasteiger partial charge in [0.1, 0.15) is 0 Å². The average molecular weight is 398 g/mol. The monoisotopic (exact) mass is 397 g/mol. The third kappa shape index (κ3) is 3.36. The zero-order valence-electron chi connectivity index (χ0n) is 16.2. The molecule has 0 radical (unpaired) electrons. The highest BCUT2D eigenvalue weighted by atomic mass is 32.2. The van der Waals surface area contributed by atoms with Gasteiger partial charge in [-0.3, -0.25) is 14.2 Å². The number of rotatable bonds is 4. The molecule has 1 aromatic carbocycles. The first kappa shape index (κ1) is 18.2. The van der Waals surface area contributed by atoms with E-state index in [1.54, 1.807) is 0 Å². The largest absolute Gasteiger partial charge is 0.339 e. The highest BCUT2D eigenvalue weighted by Crippen LogP contribution is 2.38. The van der Waals surface area contributed by atoms with Crippen LogP contribution in [0.25, 0.3) is 10.9 Å². The van der Waals surface area contributed by atoms with Gasteiger partial charge >= 0.3 is 0 Å². The molecule has 0 N–H and O–H groups in total. The molecule has 1 saturated heterocycles. The number of fused-ring (bicyclic) bond motifs is 2. The number of carbonyl (C=O) groups is 1. The summed E-state index contributed by atoms with van der Waals surface area (Å²) in [5, 5.41) is 1.38. The van der Waals surface area contributed by atoms with E-state index < -0.39 is 0 Å². The molecule has 1 aromatic heterocycles. The number of nitrogens with zero attached hydrogens (tertiary/aromatic N) is 3. The Bertz CT molecular complexity index is 950. The first-order valence-electron chi connectivity index (χ1n) is 10.7. The molecule has 0 spiro atoms. The van der Waals surface area contributed by atoms with Crippen molar-refractivity contribution in [1.29, 1.82) is 0 Å². The number of carbonyl (C=O) groups excluding carboxylic acids is 1. The van der Waals surface area contributed by atoms with Crippen LogP contribution in [0.3, 0.4) is 0 Å². The Labute approximate surface area is 169 Å². The van der Waals surface area contributed by atoms with Crippen LogP contribution < -0.4 is 5.56 Å². The van der Waals surface area contributed by atoms with E-state index in [-0.39, 0.29) is 17.5 Å². The summed E-state index contributed by atoms with van der Waals surface area (Å²) in [7, 11) is 0. The highest BCUT2D eigenvalue weighted by Gasteiger charge is 2.36. The van der Waals surface area contributed by atoms with Gasteiger partial charge in [0.2, 0.25) is 5.91 Å². The normalized spacial score (nSPS) is 24.9. The lowest BCUT2D eigenvalue weighted by atomic mass is 9.78. The molecule has 3 aliphatic rings. The molecule has 1 amide bonds. The van der Waals surface area contributed by atoms with Crippen LogP contribution in [0.5, 0.6) is 0 Å². The Hall–Kier alpha value is -1.82. The lowest BCUT2D eigenvalue weighted by Gasteiger charge is -2.44. The smallest absolute Gasteiger partial charge is 0.262 e. The lowest BCUT2D eigenvalue weighted by Crippen LogP contribution is -2.50. The standard InChI is InChI=1S/C22H27N3O2S/c26-20(24-13-5-7-15-6-1-4-10-19(15)24)14-28-22-23-18-9-3-2-8-17(18)21(27)25(22)16-11-12-16/h2-3,8-9,15-16,19H,1,4-7,10-14H2. The second-order valence-electron chi connectivity index (χ2n) is 8.45. The van der Waals surface area contributed by atoms with E-state index >= 15 is 0 Å². The molecule has 2 atom stereocenters. The molecule has 5 rings (SSSR count). The van der Waals surface area contributed by atoms with Crippen molar-refractivity contribution in [3.63, 3.8) is 0 Å². The average Bonchev–Trinajstić information content (AvgIpc) is 3.56.